The van der Waals surface area contributed by atoms with Gasteiger partial charge in [0.05, 0.1) is 18.3 Å². The zero-order valence-electron chi connectivity index (χ0n) is 8.33. The fourth-order valence-corrected chi connectivity index (χ4v) is 1.98. The van der Waals surface area contributed by atoms with Crippen molar-refractivity contribution in [3.63, 3.8) is 0 Å². The van der Waals surface area contributed by atoms with Crippen molar-refractivity contribution in [3.05, 3.63) is 9.90 Å². The van der Waals surface area contributed by atoms with Crippen molar-refractivity contribution in [2.45, 2.75) is 25.5 Å². The zero-order chi connectivity index (χ0) is 10.1. The number of nitrogens with one attached hydrogen (secondary N) is 1. The van der Waals surface area contributed by atoms with Gasteiger partial charge in [-0.2, -0.15) is 0 Å². The van der Waals surface area contributed by atoms with Crippen LogP contribution < -0.4 is 5.32 Å². The minimum Gasteiger partial charge on any atom is -0.376 e. The smallest absolute Gasteiger partial charge is 0.203 e. The fraction of sp³-hybridized carbons (Fsp3) is 0.667. The van der Waals surface area contributed by atoms with Crippen LogP contribution in [0.4, 0.5) is 5.95 Å². The highest BCUT2D eigenvalue weighted by Crippen LogP contribution is 2.18. The number of nitrogens with zero attached hydrogens (tertiary/aromatic N) is 2. The maximum atomic E-state index is 5.48. The molecule has 2 unspecified atom stereocenters. The van der Waals surface area contributed by atoms with E-state index in [-0.39, 0.29) is 6.10 Å². The number of ether oxygens (including phenoxy) is 1. The molecule has 1 N–H and O–H groups in total. The number of hydrogen-bond donors (Lipinski definition) is 1. The van der Waals surface area contributed by atoms with Crippen LogP contribution in [0.5, 0.6) is 0 Å². The number of aromatic nitrogens is 2. The van der Waals surface area contributed by atoms with Crippen LogP contribution in [0.2, 0.25) is 0 Å². The molecular formula is C9H14IN3O. The van der Waals surface area contributed by atoms with Gasteiger partial charge < -0.3 is 14.6 Å². The summed E-state index contributed by atoms with van der Waals surface area (Å²) in [4.78, 5) is 4.30. The largest absolute Gasteiger partial charge is 0.376 e. The lowest BCUT2D eigenvalue weighted by Gasteiger charge is -2.16. The predicted octanol–water partition coefficient (Wildman–Crippen LogP) is 1.61. The summed E-state index contributed by atoms with van der Waals surface area (Å²) in [5, 5.41) is 3.40. The average molecular weight is 307 g/mol. The van der Waals surface area contributed by atoms with E-state index in [1.807, 2.05) is 17.8 Å². The van der Waals surface area contributed by atoms with Crippen LogP contribution in [0.25, 0.3) is 0 Å². The van der Waals surface area contributed by atoms with E-state index < -0.39 is 0 Å². The molecule has 1 aromatic heterocycles. The van der Waals surface area contributed by atoms with Crippen molar-refractivity contribution in [1.29, 1.82) is 0 Å². The molecule has 0 saturated carbocycles. The van der Waals surface area contributed by atoms with Gasteiger partial charge in [0.15, 0.2) is 0 Å². The number of hydrogen-bond acceptors (Lipinski definition) is 3. The molecule has 1 saturated heterocycles. The Morgan fingerprint density at radius 3 is 3.00 bits per heavy atom. The van der Waals surface area contributed by atoms with Gasteiger partial charge >= 0.3 is 0 Å². The highest BCUT2D eigenvalue weighted by Gasteiger charge is 2.25. The van der Waals surface area contributed by atoms with Gasteiger partial charge in [0, 0.05) is 13.7 Å². The standard InChI is InChI=1S/C9H14IN3O/c1-6-7(3-4-14-6)12-9-11-5-8(10)13(9)2/h5-7H,3-4H2,1-2H3,(H,11,12). The third-order valence-electron chi connectivity index (χ3n) is 2.62. The minimum atomic E-state index is 0.282. The van der Waals surface area contributed by atoms with E-state index in [4.69, 9.17) is 4.74 Å². The van der Waals surface area contributed by atoms with Crippen molar-refractivity contribution in [2.75, 3.05) is 11.9 Å². The van der Waals surface area contributed by atoms with Crippen LogP contribution in [0.1, 0.15) is 13.3 Å². The molecule has 14 heavy (non-hydrogen) atoms. The normalized spacial score (nSPS) is 26.8. The molecule has 2 rings (SSSR count). The molecule has 1 fully saturated rings. The molecule has 1 aliphatic heterocycles. The average Bonchev–Trinajstić information content (AvgIpc) is 2.68. The second-order valence-electron chi connectivity index (χ2n) is 3.58. The van der Waals surface area contributed by atoms with E-state index in [1.165, 1.54) is 0 Å². The third-order valence-corrected chi connectivity index (χ3v) is 3.62. The lowest BCUT2D eigenvalue weighted by atomic mass is 10.2. The van der Waals surface area contributed by atoms with Gasteiger partial charge in [-0.25, -0.2) is 4.98 Å². The molecule has 0 bridgehead atoms. The van der Waals surface area contributed by atoms with E-state index in [0.717, 1.165) is 22.7 Å². The molecule has 4 nitrogen and oxygen atoms in total. The molecule has 0 spiro atoms. The molecule has 2 heterocycles. The Hall–Kier alpha value is -0.300. The number of imidazole rings is 1. The minimum absolute atomic E-state index is 0.282. The Kier molecular flexibility index (Phi) is 2.96. The lowest BCUT2D eigenvalue weighted by molar-refractivity contribution is 0.121. The number of rotatable bonds is 2. The number of anilines is 1. The molecule has 1 aliphatic rings. The van der Waals surface area contributed by atoms with Crippen molar-refractivity contribution >= 4 is 28.5 Å². The Morgan fingerprint density at radius 2 is 2.50 bits per heavy atom. The van der Waals surface area contributed by atoms with Crippen LogP contribution in [-0.2, 0) is 11.8 Å². The van der Waals surface area contributed by atoms with Crippen LogP contribution in [0.3, 0.4) is 0 Å². The predicted molar refractivity (Wildman–Crippen MR) is 63.4 cm³/mol. The van der Waals surface area contributed by atoms with Crippen LogP contribution in [0.15, 0.2) is 6.20 Å². The summed E-state index contributed by atoms with van der Waals surface area (Å²) >= 11 is 2.27. The Morgan fingerprint density at radius 1 is 1.71 bits per heavy atom. The van der Waals surface area contributed by atoms with Gasteiger partial charge in [-0.1, -0.05) is 0 Å². The first-order chi connectivity index (χ1) is 6.68. The topological polar surface area (TPSA) is 39.1 Å². The summed E-state index contributed by atoms with van der Waals surface area (Å²) < 4.78 is 8.67. The van der Waals surface area contributed by atoms with E-state index in [9.17, 15) is 0 Å². The van der Waals surface area contributed by atoms with Gasteiger partial charge in [-0.05, 0) is 35.9 Å². The van der Waals surface area contributed by atoms with Gasteiger partial charge in [0.1, 0.15) is 3.70 Å². The molecule has 78 valence electrons. The fourth-order valence-electron chi connectivity index (χ4n) is 1.61. The molecule has 1 aromatic rings. The van der Waals surface area contributed by atoms with Crippen molar-refractivity contribution < 1.29 is 4.74 Å². The Bertz CT molecular complexity index is 326. The van der Waals surface area contributed by atoms with Gasteiger partial charge in [-0.15, -0.1) is 0 Å². The zero-order valence-corrected chi connectivity index (χ0v) is 10.5. The van der Waals surface area contributed by atoms with E-state index in [2.05, 4.69) is 39.8 Å². The highest BCUT2D eigenvalue weighted by atomic mass is 127. The first kappa shape index (κ1) is 10.2. The summed E-state index contributed by atoms with van der Waals surface area (Å²) in [6.45, 7) is 2.94. The van der Waals surface area contributed by atoms with E-state index >= 15 is 0 Å². The third kappa shape index (κ3) is 1.88. The van der Waals surface area contributed by atoms with Crippen LogP contribution in [0, 0.1) is 3.70 Å². The van der Waals surface area contributed by atoms with Gasteiger partial charge in [0.2, 0.25) is 5.95 Å². The SMILES string of the molecule is CC1OCCC1Nc1ncc(I)n1C. The summed E-state index contributed by atoms with van der Waals surface area (Å²) in [6.07, 6.45) is 3.21. The Balaban J connectivity index is 2.07. The summed E-state index contributed by atoms with van der Waals surface area (Å²) in [5.74, 6) is 0.928. The number of halogens is 1. The van der Waals surface area contributed by atoms with Crippen molar-refractivity contribution in [3.8, 4) is 0 Å². The molecule has 2 atom stereocenters. The maximum absolute atomic E-state index is 5.48. The van der Waals surface area contributed by atoms with E-state index in [1.54, 1.807) is 0 Å². The highest BCUT2D eigenvalue weighted by molar-refractivity contribution is 14.1. The molecule has 5 heteroatoms. The van der Waals surface area contributed by atoms with Crippen LogP contribution >= 0.6 is 22.6 Å². The Labute approximate surface area is 97.2 Å². The van der Waals surface area contributed by atoms with Gasteiger partial charge in [0.25, 0.3) is 0 Å². The second-order valence-corrected chi connectivity index (χ2v) is 4.68. The maximum Gasteiger partial charge on any atom is 0.203 e. The first-order valence-corrected chi connectivity index (χ1v) is 5.81. The van der Waals surface area contributed by atoms with Crippen molar-refractivity contribution in [2.24, 2.45) is 7.05 Å². The summed E-state index contributed by atoms with van der Waals surface area (Å²) in [6, 6.07) is 0.395. The molecule has 0 amide bonds. The van der Waals surface area contributed by atoms with Crippen LogP contribution in [-0.4, -0.2) is 28.3 Å². The molecular weight excluding hydrogens is 293 g/mol. The first-order valence-electron chi connectivity index (χ1n) is 4.74. The lowest BCUT2D eigenvalue weighted by Crippen LogP contribution is -2.28. The molecule has 0 radical (unpaired) electrons. The monoisotopic (exact) mass is 307 g/mol. The quantitative estimate of drug-likeness (QED) is 0.844. The molecule has 0 aliphatic carbocycles. The van der Waals surface area contributed by atoms with Crippen molar-refractivity contribution in [1.82, 2.24) is 9.55 Å². The van der Waals surface area contributed by atoms with E-state index in [0.29, 0.717) is 6.04 Å². The molecule has 0 aromatic carbocycles. The summed E-state index contributed by atoms with van der Waals surface area (Å²) in [7, 11) is 2.01. The second kappa shape index (κ2) is 4.06. The summed E-state index contributed by atoms with van der Waals surface area (Å²) in [5.41, 5.74) is 0. The van der Waals surface area contributed by atoms with Gasteiger partial charge in [-0.3, -0.25) is 0 Å².